The molecule has 1 fully saturated rings. The van der Waals surface area contributed by atoms with Crippen LogP contribution < -0.4 is 5.32 Å². The lowest BCUT2D eigenvalue weighted by Crippen LogP contribution is -2.35. The Hall–Kier alpha value is -2.17. The molecule has 3 rings (SSSR count). The molecule has 25 heavy (non-hydrogen) atoms. The average molecular weight is 339 g/mol. The first kappa shape index (κ1) is 17.6. The van der Waals surface area contributed by atoms with Gasteiger partial charge in [-0.25, -0.2) is 4.79 Å². The van der Waals surface area contributed by atoms with E-state index in [9.17, 15) is 4.79 Å². The summed E-state index contributed by atoms with van der Waals surface area (Å²) in [6, 6.07) is 19.3. The van der Waals surface area contributed by atoms with Crippen molar-refractivity contribution in [1.82, 2.24) is 5.32 Å². The van der Waals surface area contributed by atoms with Gasteiger partial charge in [0, 0.05) is 12.1 Å². The van der Waals surface area contributed by atoms with E-state index in [-0.39, 0.29) is 11.5 Å². The minimum absolute atomic E-state index is 0.132. The van der Waals surface area contributed by atoms with Gasteiger partial charge in [-0.1, -0.05) is 48.5 Å². The van der Waals surface area contributed by atoms with Crippen molar-refractivity contribution in [2.75, 3.05) is 19.8 Å². The van der Waals surface area contributed by atoms with Crippen molar-refractivity contribution in [3.63, 3.8) is 0 Å². The molecule has 4 nitrogen and oxygen atoms in total. The minimum Gasteiger partial charge on any atom is -0.462 e. The highest BCUT2D eigenvalue weighted by molar-refractivity contribution is 5.89. The van der Waals surface area contributed by atoms with Gasteiger partial charge in [0.05, 0.1) is 25.4 Å². The largest absolute Gasteiger partial charge is 0.462 e. The van der Waals surface area contributed by atoms with Gasteiger partial charge in [0.1, 0.15) is 0 Å². The maximum absolute atomic E-state index is 11.9. The third kappa shape index (κ3) is 5.69. The summed E-state index contributed by atoms with van der Waals surface area (Å²) >= 11 is 0. The maximum atomic E-state index is 11.9. The van der Waals surface area contributed by atoms with E-state index in [0.717, 1.165) is 25.8 Å². The molecule has 0 saturated heterocycles. The quantitative estimate of drug-likeness (QED) is 0.531. The Morgan fingerprint density at radius 1 is 0.960 bits per heavy atom. The molecule has 2 aromatic rings. The van der Waals surface area contributed by atoms with Crippen molar-refractivity contribution >= 4 is 5.97 Å². The van der Waals surface area contributed by atoms with Crippen LogP contribution in [0.5, 0.6) is 0 Å². The summed E-state index contributed by atoms with van der Waals surface area (Å²) in [5, 5.41) is 3.55. The van der Waals surface area contributed by atoms with Gasteiger partial charge >= 0.3 is 5.97 Å². The number of carbonyl (C=O) groups excluding carboxylic acids is 1. The van der Waals surface area contributed by atoms with Crippen LogP contribution in [0.15, 0.2) is 60.7 Å². The van der Waals surface area contributed by atoms with Crippen molar-refractivity contribution in [3.8, 4) is 0 Å². The Balaban J connectivity index is 1.29. The second-order valence-corrected chi connectivity index (χ2v) is 6.50. The number of carbonyl (C=O) groups is 1. The topological polar surface area (TPSA) is 47.6 Å². The molecule has 0 spiro atoms. The van der Waals surface area contributed by atoms with E-state index in [4.69, 9.17) is 9.47 Å². The maximum Gasteiger partial charge on any atom is 0.338 e. The second-order valence-electron chi connectivity index (χ2n) is 6.50. The molecule has 0 heterocycles. The predicted molar refractivity (Wildman–Crippen MR) is 97.4 cm³/mol. The normalized spacial score (nSPS) is 14.9. The summed E-state index contributed by atoms with van der Waals surface area (Å²) in [5.74, 6) is -0.248. The molecule has 0 radical (unpaired) electrons. The van der Waals surface area contributed by atoms with Crippen LogP contribution in [-0.4, -0.2) is 31.3 Å². The van der Waals surface area contributed by atoms with Crippen LogP contribution in [0.2, 0.25) is 0 Å². The Labute approximate surface area is 149 Å². The van der Waals surface area contributed by atoms with Crippen molar-refractivity contribution < 1.29 is 14.3 Å². The van der Waals surface area contributed by atoms with E-state index >= 15 is 0 Å². The first-order chi connectivity index (χ1) is 12.3. The monoisotopic (exact) mass is 339 g/mol. The Kier molecular flexibility index (Phi) is 6.20. The summed E-state index contributed by atoms with van der Waals surface area (Å²) < 4.78 is 11.1. The second kappa shape index (κ2) is 8.79. The van der Waals surface area contributed by atoms with E-state index in [2.05, 4.69) is 17.4 Å². The fourth-order valence-corrected chi connectivity index (χ4v) is 2.82. The molecule has 1 aliphatic carbocycles. The van der Waals surface area contributed by atoms with Gasteiger partial charge in [-0.2, -0.15) is 0 Å². The molecule has 1 saturated carbocycles. The zero-order valence-electron chi connectivity index (χ0n) is 14.4. The molecule has 2 aromatic carbocycles. The van der Waals surface area contributed by atoms with E-state index < -0.39 is 0 Å². The number of ether oxygens (including phenoxy) is 2. The fourth-order valence-electron chi connectivity index (χ4n) is 2.82. The van der Waals surface area contributed by atoms with Gasteiger partial charge in [0.2, 0.25) is 0 Å². The summed E-state index contributed by atoms with van der Waals surface area (Å²) in [5.41, 5.74) is 1.93. The van der Waals surface area contributed by atoms with Gasteiger partial charge < -0.3 is 14.8 Å². The first-order valence-corrected chi connectivity index (χ1v) is 8.86. The zero-order valence-corrected chi connectivity index (χ0v) is 14.4. The molecule has 1 aliphatic rings. The predicted octanol–water partition coefficient (Wildman–Crippen LogP) is 3.57. The van der Waals surface area contributed by atoms with Crippen LogP contribution in [0, 0.1) is 0 Å². The van der Waals surface area contributed by atoms with Crippen LogP contribution in [0.1, 0.15) is 35.2 Å². The Morgan fingerprint density at radius 3 is 2.32 bits per heavy atom. The van der Waals surface area contributed by atoms with Crippen LogP contribution in [0.3, 0.4) is 0 Å². The summed E-state index contributed by atoms with van der Waals surface area (Å²) in [6.07, 6.45) is 3.12. The van der Waals surface area contributed by atoms with Crippen molar-refractivity contribution in [2.24, 2.45) is 0 Å². The third-order valence-electron chi connectivity index (χ3n) is 4.53. The molecular formula is C21H25NO3. The molecule has 0 aromatic heterocycles. The SMILES string of the molecule is O=C(OCCC1(NCCOCc2ccccc2)CC1)c1ccccc1. The number of hydrogen-bond donors (Lipinski definition) is 1. The highest BCUT2D eigenvalue weighted by Crippen LogP contribution is 2.38. The molecule has 4 heteroatoms. The van der Waals surface area contributed by atoms with Crippen molar-refractivity contribution in [1.29, 1.82) is 0 Å². The van der Waals surface area contributed by atoms with E-state index in [1.807, 2.05) is 36.4 Å². The van der Waals surface area contributed by atoms with E-state index in [1.165, 1.54) is 5.56 Å². The summed E-state index contributed by atoms with van der Waals surface area (Å²) in [4.78, 5) is 11.9. The van der Waals surface area contributed by atoms with Gasteiger partial charge in [-0.3, -0.25) is 0 Å². The molecule has 1 N–H and O–H groups in total. The molecule has 0 bridgehead atoms. The number of esters is 1. The fraction of sp³-hybridized carbons (Fsp3) is 0.381. The van der Waals surface area contributed by atoms with Crippen molar-refractivity contribution in [2.45, 2.75) is 31.4 Å². The van der Waals surface area contributed by atoms with Crippen molar-refractivity contribution in [3.05, 3.63) is 71.8 Å². The molecule has 0 unspecified atom stereocenters. The van der Waals surface area contributed by atoms with Gasteiger partial charge in [0.15, 0.2) is 0 Å². The molecular weight excluding hydrogens is 314 g/mol. The van der Waals surface area contributed by atoms with E-state index in [1.54, 1.807) is 12.1 Å². The van der Waals surface area contributed by atoms with Crippen LogP contribution in [0.25, 0.3) is 0 Å². The molecule has 0 atom stereocenters. The smallest absolute Gasteiger partial charge is 0.338 e. The number of nitrogens with one attached hydrogen (secondary N) is 1. The third-order valence-corrected chi connectivity index (χ3v) is 4.53. The molecule has 0 aliphatic heterocycles. The van der Waals surface area contributed by atoms with Gasteiger partial charge in [0.25, 0.3) is 0 Å². The minimum atomic E-state index is -0.248. The lowest BCUT2D eigenvalue weighted by molar-refractivity contribution is 0.0483. The molecule has 132 valence electrons. The van der Waals surface area contributed by atoms with E-state index in [0.29, 0.717) is 25.4 Å². The summed E-state index contributed by atoms with van der Waals surface area (Å²) in [6.45, 7) is 2.59. The first-order valence-electron chi connectivity index (χ1n) is 8.86. The number of rotatable bonds is 10. The highest BCUT2D eigenvalue weighted by atomic mass is 16.5. The number of benzene rings is 2. The van der Waals surface area contributed by atoms with Gasteiger partial charge in [-0.15, -0.1) is 0 Å². The summed E-state index contributed by atoms with van der Waals surface area (Å²) in [7, 11) is 0. The Morgan fingerprint density at radius 2 is 1.64 bits per heavy atom. The standard InChI is InChI=1S/C21H25NO3/c23-20(19-9-5-2-6-10-19)25-15-13-21(11-12-21)22-14-16-24-17-18-7-3-1-4-8-18/h1-10,22H,11-17H2. The zero-order chi connectivity index (χ0) is 17.4. The molecule has 0 amide bonds. The highest BCUT2D eigenvalue weighted by Gasteiger charge is 2.41. The Bertz CT molecular complexity index is 653. The van der Waals surface area contributed by atoms with Crippen LogP contribution in [-0.2, 0) is 16.1 Å². The lowest BCUT2D eigenvalue weighted by atomic mass is 10.2. The average Bonchev–Trinajstić information content (AvgIpc) is 3.43. The lowest BCUT2D eigenvalue weighted by Gasteiger charge is -2.17. The van der Waals surface area contributed by atoms with Crippen LogP contribution >= 0.6 is 0 Å². The number of hydrogen-bond acceptors (Lipinski definition) is 4. The van der Waals surface area contributed by atoms with Gasteiger partial charge in [-0.05, 0) is 37.0 Å². The van der Waals surface area contributed by atoms with Crippen LogP contribution in [0.4, 0.5) is 0 Å².